The molecule has 0 aliphatic rings. The summed E-state index contributed by atoms with van der Waals surface area (Å²) in [6, 6.07) is 9.10. The molecular weight excluding hydrogens is 299 g/mol. The van der Waals surface area contributed by atoms with Gasteiger partial charge in [-0.15, -0.1) is 0 Å². The van der Waals surface area contributed by atoms with Crippen LogP contribution in [0.15, 0.2) is 42.5 Å². The molecule has 7 heteroatoms. The van der Waals surface area contributed by atoms with Crippen LogP contribution in [0.5, 0.6) is 11.5 Å². The third-order valence-electron chi connectivity index (χ3n) is 3.01. The van der Waals surface area contributed by atoms with E-state index in [1.165, 1.54) is 24.3 Å². The van der Waals surface area contributed by atoms with Crippen molar-refractivity contribution in [1.82, 2.24) is 0 Å². The highest BCUT2D eigenvalue weighted by Crippen LogP contribution is 2.33. The molecular formula is C15H12F3NO3. The van der Waals surface area contributed by atoms with Gasteiger partial charge >= 0.3 is 6.18 Å². The molecule has 0 spiro atoms. The van der Waals surface area contributed by atoms with Crippen molar-refractivity contribution in [2.75, 3.05) is 0 Å². The molecule has 0 aliphatic carbocycles. The Labute approximate surface area is 124 Å². The smallest absolute Gasteiger partial charge is 0.416 e. The Kier molecular flexibility index (Phi) is 4.35. The monoisotopic (exact) mass is 311 g/mol. The van der Waals surface area contributed by atoms with Crippen molar-refractivity contribution in [1.29, 1.82) is 0 Å². The van der Waals surface area contributed by atoms with Crippen LogP contribution in [0.25, 0.3) is 0 Å². The maximum absolute atomic E-state index is 12.6. The lowest BCUT2D eigenvalue weighted by Gasteiger charge is -2.11. The minimum absolute atomic E-state index is 0.0521. The minimum Gasteiger partial charge on any atom is -0.457 e. The number of halogens is 3. The zero-order valence-corrected chi connectivity index (χ0v) is 11.6. The predicted molar refractivity (Wildman–Crippen MR) is 73.4 cm³/mol. The topological polar surface area (TPSA) is 52.4 Å². The lowest BCUT2D eigenvalue weighted by atomic mass is 10.1. The van der Waals surface area contributed by atoms with Gasteiger partial charge in [0, 0.05) is 10.5 Å². The first-order valence-electron chi connectivity index (χ1n) is 6.32. The molecule has 0 radical (unpaired) electrons. The average Bonchev–Trinajstić information content (AvgIpc) is 2.41. The summed E-state index contributed by atoms with van der Waals surface area (Å²) in [5.74, 6) is 0.375. The number of nitrogens with zero attached hydrogens (tertiary/aromatic N) is 1. The molecule has 0 unspecified atom stereocenters. The van der Waals surface area contributed by atoms with Crippen LogP contribution in [0.1, 0.15) is 16.7 Å². The maximum atomic E-state index is 12.6. The molecule has 4 nitrogen and oxygen atoms in total. The first-order valence-corrected chi connectivity index (χ1v) is 6.32. The van der Waals surface area contributed by atoms with Crippen LogP contribution in [0, 0.1) is 17.0 Å². The minimum atomic E-state index is -4.44. The quantitative estimate of drug-likeness (QED) is 0.613. The molecule has 0 bridgehead atoms. The van der Waals surface area contributed by atoms with Gasteiger partial charge in [0.05, 0.1) is 5.56 Å². The van der Waals surface area contributed by atoms with Crippen molar-refractivity contribution in [3.05, 3.63) is 69.3 Å². The van der Waals surface area contributed by atoms with Gasteiger partial charge in [-0.05, 0) is 48.9 Å². The summed E-state index contributed by atoms with van der Waals surface area (Å²) >= 11 is 0. The lowest BCUT2D eigenvalue weighted by Crippen LogP contribution is -2.04. The molecule has 0 atom stereocenters. The van der Waals surface area contributed by atoms with E-state index in [1.807, 2.05) is 0 Å². The van der Waals surface area contributed by atoms with E-state index in [-0.39, 0.29) is 12.3 Å². The predicted octanol–water partition coefficient (Wildman–Crippen LogP) is 4.58. The molecule has 0 amide bonds. The normalized spacial score (nSPS) is 11.3. The SMILES string of the molecule is Cc1cc(Oc2cccc(C(F)(F)F)c2)ccc1C[N+](=O)[O-]. The standard InChI is InChI=1S/C15H12F3NO3/c1-10-7-14(6-5-11(10)9-19(20)21)22-13-4-2-3-12(8-13)15(16,17)18/h2-8H,9H2,1H3. The zero-order valence-electron chi connectivity index (χ0n) is 11.6. The van der Waals surface area contributed by atoms with E-state index >= 15 is 0 Å². The Morgan fingerprint density at radius 1 is 1.14 bits per heavy atom. The number of hydrogen-bond acceptors (Lipinski definition) is 3. The number of ether oxygens (including phenoxy) is 1. The van der Waals surface area contributed by atoms with Gasteiger partial charge in [-0.1, -0.05) is 6.07 Å². The third kappa shape index (κ3) is 3.97. The second-order valence-electron chi connectivity index (χ2n) is 4.71. The van der Waals surface area contributed by atoms with Crippen LogP contribution in [0.4, 0.5) is 13.2 Å². The fourth-order valence-electron chi connectivity index (χ4n) is 1.92. The van der Waals surface area contributed by atoms with Crippen molar-refractivity contribution >= 4 is 0 Å². The van der Waals surface area contributed by atoms with E-state index in [1.54, 1.807) is 13.0 Å². The molecule has 0 saturated heterocycles. The van der Waals surface area contributed by atoms with Gasteiger partial charge in [-0.25, -0.2) is 0 Å². The zero-order chi connectivity index (χ0) is 16.3. The molecule has 0 aromatic heterocycles. The van der Waals surface area contributed by atoms with Crippen molar-refractivity contribution in [2.45, 2.75) is 19.6 Å². The summed E-state index contributed by atoms with van der Waals surface area (Å²) in [5.41, 5.74) is 0.370. The first kappa shape index (κ1) is 15.8. The molecule has 0 aliphatic heterocycles. The first-order chi connectivity index (χ1) is 10.3. The van der Waals surface area contributed by atoms with E-state index in [9.17, 15) is 23.3 Å². The van der Waals surface area contributed by atoms with Gasteiger partial charge in [0.15, 0.2) is 0 Å². The summed E-state index contributed by atoms with van der Waals surface area (Å²) < 4.78 is 43.3. The summed E-state index contributed by atoms with van der Waals surface area (Å²) in [6.07, 6.45) is -4.44. The molecule has 2 aromatic rings. The van der Waals surface area contributed by atoms with Crippen LogP contribution in [0.2, 0.25) is 0 Å². The molecule has 0 heterocycles. The highest BCUT2D eigenvalue weighted by Gasteiger charge is 2.30. The fourth-order valence-corrected chi connectivity index (χ4v) is 1.92. The number of aryl methyl sites for hydroxylation is 1. The summed E-state index contributed by atoms with van der Waals surface area (Å²) in [7, 11) is 0. The Morgan fingerprint density at radius 3 is 2.41 bits per heavy atom. The molecule has 116 valence electrons. The Hall–Kier alpha value is -2.57. The van der Waals surface area contributed by atoms with Crippen molar-refractivity contribution in [3.63, 3.8) is 0 Å². The molecule has 22 heavy (non-hydrogen) atoms. The van der Waals surface area contributed by atoms with Crippen molar-refractivity contribution in [2.24, 2.45) is 0 Å². The molecule has 0 fully saturated rings. The highest BCUT2D eigenvalue weighted by atomic mass is 19.4. The van der Waals surface area contributed by atoms with E-state index in [0.717, 1.165) is 12.1 Å². The van der Waals surface area contributed by atoms with E-state index in [0.29, 0.717) is 16.9 Å². The third-order valence-corrected chi connectivity index (χ3v) is 3.01. The molecule has 0 saturated carbocycles. The number of nitro groups is 1. The Balaban J connectivity index is 2.21. The van der Waals surface area contributed by atoms with Gasteiger partial charge in [0.25, 0.3) is 0 Å². The number of hydrogen-bond donors (Lipinski definition) is 0. The van der Waals surface area contributed by atoms with Crippen molar-refractivity contribution < 1.29 is 22.8 Å². The van der Waals surface area contributed by atoms with Crippen molar-refractivity contribution in [3.8, 4) is 11.5 Å². The van der Waals surface area contributed by atoms with Gasteiger partial charge in [-0.2, -0.15) is 13.2 Å². The Bertz CT molecular complexity index is 699. The van der Waals surface area contributed by atoms with E-state index in [2.05, 4.69) is 0 Å². The van der Waals surface area contributed by atoms with Gasteiger partial charge in [0.2, 0.25) is 6.54 Å². The van der Waals surface area contributed by atoms with Crippen LogP contribution in [-0.4, -0.2) is 4.92 Å². The summed E-state index contributed by atoms with van der Waals surface area (Å²) in [5, 5.41) is 10.5. The summed E-state index contributed by atoms with van der Waals surface area (Å²) in [6.45, 7) is 1.37. The van der Waals surface area contributed by atoms with E-state index in [4.69, 9.17) is 4.74 Å². The lowest BCUT2D eigenvalue weighted by molar-refractivity contribution is -0.496. The number of rotatable bonds is 4. The van der Waals surface area contributed by atoms with Crippen LogP contribution >= 0.6 is 0 Å². The second-order valence-corrected chi connectivity index (χ2v) is 4.71. The van der Waals surface area contributed by atoms with Gasteiger partial charge < -0.3 is 4.74 Å². The maximum Gasteiger partial charge on any atom is 0.416 e. The molecule has 0 N–H and O–H groups in total. The van der Waals surface area contributed by atoms with E-state index < -0.39 is 16.7 Å². The number of benzene rings is 2. The molecule has 2 rings (SSSR count). The number of alkyl halides is 3. The van der Waals surface area contributed by atoms with Crippen LogP contribution in [0.3, 0.4) is 0 Å². The van der Waals surface area contributed by atoms with Crippen LogP contribution < -0.4 is 4.74 Å². The average molecular weight is 311 g/mol. The highest BCUT2D eigenvalue weighted by molar-refractivity contribution is 5.39. The van der Waals surface area contributed by atoms with Gasteiger partial charge in [-0.3, -0.25) is 10.1 Å². The fraction of sp³-hybridized carbons (Fsp3) is 0.200. The van der Waals surface area contributed by atoms with Gasteiger partial charge in [0.1, 0.15) is 11.5 Å². The summed E-state index contributed by atoms with van der Waals surface area (Å²) in [4.78, 5) is 10.0. The molecule has 2 aromatic carbocycles. The second kappa shape index (κ2) is 6.05. The van der Waals surface area contributed by atoms with Crippen LogP contribution in [-0.2, 0) is 12.7 Å². The Morgan fingerprint density at radius 2 is 1.82 bits per heavy atom. The largest absolute Gasteiger partial charge is 0.457 e.